The number of rotatable bonds is 7. The number of carbonyl (C=O) groups is 1. The number of anilines is 1. The summed E-state index contributed by atoms with van der Waals surface area (Å²) in [5.41, 5.74) is 2.03. The second kappa shape index (κ2) is 8.21. The van der Waals surface area contributed by atoms with Crippen LogP contribution in [0.4, 0.5) is 5.82 Å². The number of aryl methyl sites for hydroxylation is 2. The van der Waals surface area contributed by atoms with Gasteiger partial charge in [-0.1, -0.05) is 30.3 Å². The summed E-state index contributed by atoms with van der Waals surface area (Å²) in [6.07, 6.45) is 6.21. The summed E-state index contributed by atoms with van der Waals surface area (Å²) in [6, 6.07) is 15.2. The Morgan fingerprint density at radius 3 is 2.64 bits per heavy atom. The lowest BCUT2D eigenvalue weighted by molar-refractivity contribution is -0.117. The number of hydrogen-bond acceptors (Lipinski definition) is 6. The number of amides is 1. The predicted molar refractivity (Wildman–Crippen MR) is 102 cm³/mol. The molecule has 0 radical (unpaired) electrons. The van der Waals surface area contributed by atoms with E-state index in [4.69, 9.17) is 0 Å². The van der Waals surface area contributed by atoms with E-state index >= 15 is 0 Å². The lowest BCUT2D eigenvalue weighted by atomic mass is 10.2. The normalized spacial score (nSPS) is 10.7. The van der Waals surface area contributed by atoms with Crippen molar-refractivity contribution in [3.05, 3.63) is 72.7 Å². The summed E-state index contributed by atoms with van der Waals surface area (Å²) in [7, 11) is 0. The number of nitrogens with one attached hydrogen (secondary N) is 1. The van der Waals surface area contributed by atoms with Gasteiger partial charge in [-0.2, -0.15) is 9.90 Å². The van der Waals surface area contributed by atoms with Gasteiger partial charge in [-0.3, -0.25) is 14.5 Å². The molecule has 3 heterocycles. The first-order chi connectivity index (χ1) is 13.8. The summed E-state index contributed by atoms with van der Waals surface area (Å²) < 4.78 is 1.79. The van der Waals surface area contributed by atoms with Crippen LogP contribution in [-0.2, 0) is 24.3 Å². The minimum atomic E-state index is -0.267. The van der Waals surface area contributed by atoms with Gasteiger partial charge in [-0.05, 0) is 29.3 Å². The van der Waals surface area contributed by atoms with Gasteiger partial charge >= 0.3 is 0 Å². The molecule has 4 rings (SSSR count). The van der Waals surface area contributed by atoms with Crippen molar-refractivity contribution in [2.24, 2.45) is 0 Å². The van der Waals surface area contributed by atoms with Crippen LogP contribution in [-0.4, -0.2) is 40.9 Å². The maximum absolute atomic E-state index is 12.2. The molecule has 4 aromatic rings. The first-order valence-electron chi connectivity index (χ1n) is 8.82. The molecular weight excluding hydrogens is 356 g/mol. The molecule has 1 N–H and O–H groups in total. The van der Waals surface area contributed by atoms with Gasteiger partial charge in [0, 0.05) is 36.8 Å². The monoisotopic (exact) mass is 374 g/mol. The minimum Gasteiger partial charge on any atom is -0.308 e. The summed E-state index contributed by atoms with van der Waals surface area (Å²) in [6.45, 7) is 0.675. The standard InChI is InChI=1S/C19H18N8O/c28-18(14-27-24-19(22-25-27)16-4-2-1-3-5-16)21-17-9-13-26(23-17)12-8-15-6-10-20-11-7-15/h1-7,9-11,13H,8,12,14H2,(H,21,23,28). The molecule has 1 aromatic carbocycles. The predicted octanol–water partition coefficient (Wildman–Crippen LogP) is 1.81. The van der Waals surface area contributed by atoms with Crippen molar-refractivity contribution in [3.63, 3.8) is 0 Å². The minimum absolute atomic E-state index is 0.0380. The highest BCUT2D eigenvalue weighted by Gasteiger charge is 2.10. The Kier molecular flexibility index (Phi) is 5.14. The van der Waals surface area contributed by atoms with Gasteiger partial charge in [0.05, 0.1) is 0 Å². The van der Waals surface area contributed by atoms with Gasteiger partial charge in [0.25, 0.3) is 0 Å². The van der Waals surface area contributed by atoms with Crippen LogP contribution < -0.4 is 5.32 Å². The van der Waals surface area contributed by atoms with Gasteiger partial charge in [-0.25, -0.2) is 0 Å². The third-order valence-electron chi connectivity index (χ3n) is 4.06. The van der Waals surface area contributed by atoms with E-state index in [1.807, 2.05) is 48.7 Å². The Labute approximate surface area is 161 Å². The Balaban J connectivity index is 1.31. The van der Waals surface area contributed by atoms with E-state index in [-0.39, 0.29) is 12.5 Å². The fourth-order valence-corrected chi connectivity index (χ4v) is 2.67. The average Bonchev–Trinajstić information content (AvgIpc) is 3.37. The Morgan fingerprint density at radius 1 is 1.00 bits per heavy atom. The van der Waals surface area contributed by atoms with Gasteiger partial charge in [0.1, 0.15) is 6.54 Å². The van der Waals surface area contributed by atoms with Crippen molar-refractivity contribution < 1.29 is 4.79 Å². The van der Waals surface area contributed by atoms with E-state index in [0.717, 1.165) is 12.0 Å². The third-order valence-corrected chi connectivity index (χ3v) is 4.06. The maximum atomic E-state index is 12.2. The number of tetrazole rings is 1. The highest BCUT2D eigenvalue weighted by atomic mass is 16.2. The van der Waals surface area contributed by atoms with Crippen LogP contribution in [0, 0.1) is 0 Å². The van der Waals surface area contributed by atoms with E-state index in [9.17, 15) is 4.79 Å². The first kappa shape index (κ1) is 17.5. The molecule has 0 saturated carbocycles. The van der Waals surface area contributed by atoms with Crippen molar-refractivity contribution >= 4 is 11.7 Å². The number of carbonyl (C=O) groups excluding carboxylic acids is 1. The third kappa shape index (κ3) is 4.44. The van der Waals surface area contributed by atoms with Gasteiger partial charge < -0.3 is 5.32 Å². The number of benzene rings is 1. The molecule has 0 saturated heterocycles. The number of aromatic nitrogens is 7. The van der Waals surface area contributed by atoms with Crippen LogP contribution in [0.15, 0.2) is 67.1 Å². The molecule has 0 fully saturated rings. The summed E-state index contributed by atoms with van der Waals surface area (Å²) >= 11 is 0. The molecule has 0 unspecified atom stereocenters. The molecule has 0 aliphatic carbocycles. The Hall–Kier alpha value is -3.88. The van der Waals surface area contributed by atoms with E-state index in [1.165, 1.54) is 10.4 Å². The van der Waals surface area contributed by atoms with Crippen molar-refractivity contribution in [2.75, 3.05) is 5.32 Å². The lowest BCUT2D eigenvalue weighted by Crippen LogP contribution is -2.21. The van der Waals surface area contributed by atoms with E-state index in [2.05, 4.69) is 30.8 Å². The van der Waals surface area contributed by atoms with Crippen LogP contribution in [0.1, 0.15) is 5.56 Å². The molecule has 0 atom stereocenters. The van der Waals surface area contributed by atoms with Crippen molar-refractivity contribution in [1.29, 1.82) is 0 Å². The van der Waals surface area contributed by atoms with Crippen LogP contribution in [0.3, 0.4) is 0 Å². The molecule has 1 amide bonds. The Bertz CT molecular complexity index is 1040. The highest BCUT2D eigenvalue weighted by molar-refractivity contribution is 5.89. The Morgan fingerprint density at radius 2 is 1.82 bits per heavy atom. The maximum Gasteiger partial charge on any atom is 0.249 e. The second-order valence-electron chi connectivity index (χ2n) is 6.13. The quantitative estimate of drug-likeness (QED) is 0.529. The molecular formula is C19H18N8O. The largest absolute Gasteiger partial charge is 0.308 e. The molecule has 140 valence electrons. The van der Waals surface area contributed by atoms with Crippen LogP contribution in [0.2, 0.25) is 0 Å². The average molecular weight is 374 g/mol. The molecule has 0 spiro atoms. The molecule has 3 aromatic heterocycles. The zero-order valence-electron chi connectivity index (χ0n) is 15.0. The molecule has 0 bridgehead atoms. The van der Waals surface area contributed by atoms with Gasteiger partial charge in [0.15, 0.2) is 5.82 Å². The van der Waals surface area contributed by atoms with Crippen molar-refractivity contribution in [2.45, 2.75) is 19.5 Å². The molecule has 9 nitrogen and oxygen atoms in total. The zero-order chi connectivity index (χ0) is 19.2. The highest BCUT2D eigenvalue weighted by Crippen LogP contribution is 2.11. The molecule has 28 heavy (non-hydrogen) atoms. The fourth-order valence-electron chi connectivity index (χ4n) is 2.67. The van der Waals surface area contributed by atoms with E-state index < -0.39 is 0 Å². The van der Waals surface area contributed by atoms with Crippen LogP contribution >= 0.6 is 0 Å². The zero-order valence-corrected chi connectivity index (χ0v) is 15.0. The molecule has 0 aliphatic rings. The topological polar surface area (TPSA) is 103 Å². The molecule has 0 aliphatic heterocycles. The van der Waals surface area contributed by atoms with E-state index in [1.54, 1.807) is 23.1 Å². The smallest absolute Gasteiger partial charge is 0.249 e. The van der Waals surface area contributed by atoms with Gasteiger partial charge in [0.2, 0.25) is 11.7 Å². The summed E-state index contributed by atoms with van der Waals surface area (Å²) in [5, 5.41) is 19.3. The van der Waals surface area contributed by atoms with Gasteiger partial charge in [-0.15, -0.1) is 10.2 Å². The summed E-state index contributed by atoms with van der Waals surface area (Å²) in [5.74, 6) is 0.702. The molecule has 9 heteroatoms. The van der Waals surface area contributed by atoms with Crippen LogP contribution in [0.5, 0.6) is 0 Å². The summed E-state index contributed by atoms with van der Waals surface area (Å²) in [4.78, 5) is 17.5. The van der Waals surface area contributed by atoms with Crippen molar-refractivity contribution in [3.8, 4) is 11.4 Å². The number of nitrogens with zero attached hydrogens (tertiary/aromatic N) is 7. The number of pyridine rings is 1. The van der Waals surface area contributed by atoms with E-state index in [0.29, 0.717) is 18.2 Å². The SMILES string of the molecule is O=C(Cn1nnc(-c2ccccc2)n1)Nc1ccn(CCc2ccncc2)n1. The lowest BCUT2D eigenvalue weighted by Gasteiger charge is -2.02. The van der Waals surface area contributed by atoms with Crippen LogP contribution in [0.25, 0.3) is 11.4 Å². The fraction of sp³-hybridized carbons (Fsp3) is 0.158. The first-order valence-corrected chi connectivity index (χ1v) is 8.82. The second-order valence-corrected chi connectivity index (χ2v) is 6.13. The van der Waals surface area contributed by atoms with Crippen molar-refractivity contribution in [1.82, 2.24) is 35.0 Å². The number of hydrogen-bond donors (Lipinski definition) is 1.